The summed E-state index contributed by atoms with van der Waals surface area (Å²) in [6, 6.07) is 15.3. The molecule has 21 heavy (non-hydrogen) atoms. The molecule has 0 unspecified atom stereocenters. The van der Waals surface area contributed by atoms with Crippen molar-refractivity contribution in [3.05, 3.63) is 64.1 Å². The molecule has 2 aromatic rings. The molecule has 3 rings (SSSR count). The molecule has 1 fully saturated rings. The maximum absolute atomic E-state index is 12.4. The Hall–Kier alpha value is -1.81. The number of rotatable bonds is 4. The average Bonchev–Trinajstić information content (AvgIpc) is 3.29. The van der Waals surface area contributed by atoms with E-state index in [2.05, 4.69) is 21.2 Å². The maximum atomic E-state index is 12.4. The lowest BCUT2D eigenvalue weighted by Crippen LogP contribution is -2.34. The standard InChI is InChI=1S/C17H16BrNO2/c1-21-15-8-4-13(5-9-15)17(10-11-17)19-16(20)12-2-6-14(18)7-3-12/h2-9H,10-11H2,1H3,(H,19,20). The molecule has 2 aromatic carbocycles. The predicted molar refractivity (Wildman–Crippen MR) is 85.5 cm³/mol. The third-order valence-corrected chi connectivity index (χ3v) is 4.38. The molecular formula is C17H16BrNO2. The lowest BCUT2D eigenvalue weighted by Gasteiger charge is -2.18. The average molecular weight is 346 g/mol. The summed E-state index contributed by atoms with van der Waals surface area (Å²) < 4.78 is 6.14. The lowest BCUT2D eigenvalue weighted by atomic mass is 10.0. The van der Waals surface area contributed by atoms with E-state index in [0.717, 1.165) is 28.6 Å². The molecule has 0 aromatic heterocycles. The molecule has 0 bridgehead atoms. The van der Waals surface area contributed by atoms with Gasteiger partial charge in [-0.15, -0.1) is 0 Å². The van der Waals surface area contributed by atoms with Crippen molar-refractivity contribution in [3.63, 3.8) is 0 Å². The molecule has 4 heteroatoms. The van der Waals surface area contributed by atoms with Crippen LogP contribution in [-0.2, 0) is 5.54 Å². The molecule has 3 nitrogen and oxygen atoms in total. The third kappa shape index (κ3) is 2.95. The summed E-state index contributed by atoms with van der Waals surface area (Å²) in [6.07, 6.45) is 1.95. The Bertz CT molecular complexity index is 645. The first-order valence-corrected chi connectivity index (χ1v) is 7.65. The highest BCUT2D eigenvalue weighted by molar-refractivity contribution is 9.10. The van der Waals surface area contributed by atoms with Gasteiger partial charge in [0.05, 0.1) is 12.6 Å². The van der Waals surface area contributed by atoms with Gasteiger partial charge in [0.25, 0.3) is 5.91 Å². The predicted octanol–water partition coefficient (Wildman–Crippen LogP) is 3.88. The summed E-state index contributed by atoms with van der Waals surface area (Å²) in [5, 5.41) is 3.16. The van der Waals surface area contributed by atoms with E-state index < -0.39 is 0 Å². The molecule has 1 saturated carbocycles. The van der Waals surface area contributed by atoms with E-state index in [0.29, 0.717) is 5.56 Å². The van der Waals surface area contributed by atoms with Gasteiger partial charge >= 0.3 is 0 Å². The van der Waals surface area contributed by atoms with E-state index in [1.165, 1.54) is 0 Å². The molecule has 0 radical (unpaired) electrons. The summed E-state index contributed by atoms with van der Waals surface area (Å²) in [5.74, 6) is 0.796. The van der Waals surface area contributed by atoms with Crippen molar-refractivity contribution < 1.29 is 9.53 Å². The first kappa shape index (κ1) is 14.1. The van der Waals surface area contributed by atoms with Crippen molar-refractivity contribution in [1.29, 1.82) is 0 Å². The summed E-state index contributed by atoms with van der Waals surface area (Å²) in [4.78, 5) is 12.4. The zero-order valence-corrected chi connectivity index (χ0v) is 13.3. The van der Waals surface area contributed by atoms with E-state index in [9.17, 15) is 4.79 Å². The summed E-state index contributed by atoms with van der Waals surface area (Å²) in [6.45, 7) is 0. The number of hydrogen-bond acceptors (Lipinski definition) is 2. The van der Waals surface area contributed by atoms with Crippen LogP contribution < -0.4 is 10.1 Å². The van der Waals surface area contributed by atoms with Crippen LogP contribution in [-0.4, -0.2) is 13.0 Å². The number of carbonyl (C=O) groups excluding carboxylic acids is 1. The number of ether oxygens (including phenoxy) is 1. The highest BCUT2D eigenvalue weighted by atomic mass is 79.9. The minimum atomic E-state index is -0.212. The number of nitrogens with one attached hydrogen (secondary N) is 1. The first-order chi connectivity index (χ1) is 10.1. The Kier molecular flexibility index (Phi) is 3.72. The Balaban J connectivity index is 1.76. The van der Waals surface area contributed by atoms with Gasteiger partial charge in [-0.1, -0.05) is 28.1 Å². The smallest absolute Gasteiger partial charge is 0.251 e. The Morgan fingerprint density at radius 3 is 2.24 bits per heavy atom. The molecule has 0 aliphatic heterocycles. The second-order valence-corrected chi connectivity index (χ2v) is 6.19. The van der Waals surface area contributed by atoms with Gasteiger partial charge < -0.3 is 10.1 Å². The Morgan fingerprint density at radius 2 is 1.71 bits per heavy atom. The molecule has 1 N–H and O–H groups in total. The fraction of sp³-hybridized carbons (Fsp3) is 0.235. The van der Waals surface area contributed by atoms with Crippen LogP contribution in [0, 0.1) is 0 Å². The number of halogens is 1. The molecule has 0 saturated heterocycles. The van der Waals surface area contributed by atoms with Crippen LogP contribution in [0.1, 0.15) is 28.8 Å². The van der Waals surface area contributed by atoms with Gasteiger partial charge in [-0.25, -0.2) is 0 Å². The molecule has 108 valence electrons. The normalized spacial score (nSPS) is 15.3. The quantitative estimate of drug-likeness (QED) is 0.913. The van der Waals surface area contributed by atoms with Gasteiger partial charge in [0.1, 0.15) is 5.75 Å². The molecule has 1 aliphatic rings. The molecule has 0 spiro atoms. The number of hydrogen-bond donors (Lipinski definition) is 1. The van der Waals surface area contributed by atoms with E-state index in [1.54, 1.807) is 7.11 Å². The summed E-state index contributed by atoms with van der Waals surface area (Å²) in [5.41, 5.74) is 1.60. The van der Waals surface area contributed by atoms with Crippen LogP contribution in [0.15, 0.2) is 53.0 Å². The highest BCUT2D eigenvalue weighted by Gasteiger charge is 2.45. The number of methoxy groups -OCH3 is 1. The minimum Gasteiger partial charge on any atom is -0.497 e. The molecule has 0 heterocycles. The fourth-order valence-electron chi connectivity index (χ4n) is 2.41. The SMILES string of the molecule is COc1ccc(C2(NC(=O)c3ccc(Br)cc3)CC2)cc1. The van der Waals surface area contributed by atoms with E-state index in [1.807, 2.05) is 48.5 Å². The fourth-order valence-corrected chi connectivity index (χ4v) is 2.68. The van der Waals surface area contributed by atoms with Crippen molar-refractivity contribution in [1.82, 2.24) is 5.32 Å². The van der Waals surface area contributed by atoms with Gasteiger partial charge in [-0.05, 0) is 54.8 Å². The van der Waals surface area contributed by atoms with Crippen molar-refractivity contribution in [2.75, 3.05) is 7.11 Å². The van der Waals surface area contributed by atoms with Crippen molar-refractivity contribution >= 4 is 21.8 Å². The largest absolute Gasteiger partial charge is 0.497 e. The van der Waals surface area contributed by atoms with Crippen molar-refractivity contribution in [3.8, 4) is 5.75 Å². The molecule has 1 amide bonds. The van der Waals surface area contributed by atoms with Crippen LogP contribution in [0.25, 0.3) is 0 Å². The van der Waals surface area contributed by atoms with E-state index in [-0.39, 0.29) is 11.4 Å². The Morgan fingerprint density at radius 1 is 1.10 bits per heavy atom. The van der Waals surface area contributed by atoms with E-state index >= 15 is 0 Å². The van der Waals surface area contributed by atoms with Crippen LogP contribution in [0.3, 0.4) is 0 Å². The number of benzene rings is 2. The Labute approximate surface area is 132 Å². The molecule has 0 atom stereocenters. The zero-order chi connectivity index (χ0) is 14.9. The van der Waals surface area contributed by atoms with Crippen molar-refractivity contribution in [2.45, 2.75) is 18.4 Å². The van der Waals surface area contributed by atoms with Gasteiger partial charge in [0.15, 0.2) is 0 Å². The van der Waals surface area contributed by atoms with Crippen LogP contribution >= 0.6 is 15.9 Å². The lowest BCUT2D eigenvalue weighted by molar-refractivity contribution is 0.0931. The van der Waals surface area contributed by atoms with Gasteiger partial charge in [0.2, 0.25) is 0 Å². The van der Waals surface area contributed by atoms with Crippen LogP contribution in [0.4, 0.5) is 0 Å². The molecular weight excluding hydrogens is 330 g/mol. The van der Waals surface area contributed by atoms with Crippen molar-refractivity contribution in [2.24, 2.45) is 0 Å². The minimum absolute atomic E-state index is 0.0316. The van der Waals surface area contributed by atoms with Gasteiger partial charge in [-0.2, -0.15) is 0 Å². The van der Waals surface area contributed by atoms with Gasteiger partial charge in [-0.3, -0.25) is 4.79 Å². The second-order valence-electron chi connectivity index (χ2n) is 5.27. The van der Waals surface area contributed by atoms with Gasteiger partial charge in [0, 0.05) is 10.0 Å². The van der Waals surface area contributed by atoms with Crippen LogP contribution in [0.5, 0.6) is 5.75 Å². The second kappa shape index (κ2) is 5.53. The number of amides is 1. The first-order valence-electron chi connectivity index (χ1n) is 6.86. The zero-order valence-electron chi connectivity index (χ0n) is 11.7. The highest BCUT2D eigenvalue weighted by Crippen LogP contribution is 2.46. The molecule has 1 aliphatic carbocycles. The monoisotopic (exact) mass is 345 g/mol. The number of carbonyl (C=O) groups is 1. The maximum Gasteiger partial charge on any atom is 0.251 e. The van der Waals surface area contributed by atoms with Crippen LogP contribution in [0.2, 0.25) is 0 Å². The summed E-state index contributed by atoms with van der Waals surface area (Å²) in [7, 11) is 1.65. The van der Waals surface area contributed by atoms with E-state index in [4.69, 9.17) is 4.74 Å². The third-order valence-electron chi connectivity index (χ3n) is 3.85. The summed E-state index contributed by atoms with van der Waals surface area (Å²) >= 11 is 3.38. The topological polar surface area (TPSA) is 38.3 Å².